The molecule has 1 aromatic rings. The fourth-order valence-corrected chi connectivity index (χ4v) is 1.26. The summed E-state index contributed by atoms with van der Waals surface area (Å²) in [6.07, 6.45) is 0.0310. The molecule has 1 aromatic carbocycles. The van der Waals surface area contributed by atoms with Crippen LogP contribution in [0.2, 0.25) is 0 Å². The smallest absolute Gasteiger partial charge is 0.311 e. The van der Waals surface area contributed by atoms with E-state index in [4.69, 9.17) is 10.00 Å². The summed E-state index contributed by atoms with van der Waals surface area (Å²) in [5.74, 6) is 0.238. The van der Waals surface area contributed by atoms with Crippen LogP contribution in [-0.4, -0.2) is 11.0 Å². The molecule has 0 saturated carbocycles. The quantitative estimate of drug-likeness (QED) is 0.576. The molecule has 0 unspecified atom stereocenters. The van der Waals surface area contributed by atoms with Crippen molar-refractivity contribution in [1.82, 2.24) is 0 Å². The molecule has 0 atom stereocenters. The summed E-state index contributed by atoms with van der Waals surface area (Å²) in [5.41, 5.74) is 0.520. The maximum absolute atomic E-state index is 10.8. The van der Waals surface area contributed by atoms with Crippen molar-refractivity contribution in [3.63, 3.8) is 0 Å². The van der Waals surface area contributed by atoms with Gasteiger partial charge < -0.3 is 4.74 Å². The summed E-state index contributed by atoms with van der Waals surface area (Å²) in [6, 6.07) is 6.52. The first-order valence-electron chi connectivity index (χ1n) is 4.85. The van der Waals surface area contributed by atoms with Crippen LogP contribution in [-0.2, 0) is 6.42 Å². The molecule has 16 heavy (non-hydrogen) atoms. The topological polar surface area (TPSA) is 76.2 Å². The molecular formula is C11H12N2O3. The average Bonchev–Trinajstić information content (AvgIpc) is 2.19. The Morgan fingerprint density at radius 2 is 2.25 bits per heavy atom. The molecule has 0 bridgehead atoms. The van der Waals surface area contributed by atoms with Crippen molar-refractivity contribution in [1.29, 1.82) is 5.26 Å². The zero-order valence-electron chi connectivity index (χ0n) is 9.14. The summed E-state index contributed by atoms with van der Waals surface area (Å²) in [6.45, 7) is 3.60. The number of nitriles is 1. The van der Waals surface area contributed by atoms with E-state index in [0.29, 0.717) is 5.56 Å². The minimum atomic E-state index is -0.501. The number of hydrogen-bond donors (Lipinski definition) is 0. The maximum atomic E-state index is 10.8. The van der Waals surface area contributed by atoms with Crippen molar-refractivity contribution in [2.24, 2.45) is 0 Å². The average molecular weight is 220 g/mol. The lowest BCUT2D eigenvalue weighted by molar-refractivity contribution is -0.386. The molecule has 0 aliphatic rings. The highest BCUT2D eigenvalue weighted by atomic mass is 16.6. The molecule has 0 fully saturated rings. The third-order valence-electron chi connectivity index (χ3n) is 1.87. The molecule has 0 aliphatic heterocycles. The van der Waals surface area contributed by atoms with Crippen LogP contribution in [0, 0.1) is 21.4 Å². The van der Waals surface area contributed by atoms with Gasteiger partial charge in [-0.05, 0) is 25.5 Å². The molecule has 0 heterocycles. The van der Waals surface area contributed by atoms with Gasteiger partial charge in [-0.3, -0.25) is 10.1 Å². The van der Waals surface area contributed by atoms with E-state index < -0.39 is 4.92 Å². The van der Waals surface area contributed by atoms with Gasteiger partial charge in [0, 0.05) is 6.07 Å². The lowest BCUT2D eigenvalue weighted by atomic mass is 10.1. The van der Waals surface area contributed by atoms with Crippen molar-refractivity contribution < 1.29 is 9.66 Å². The standard InChI is InChI=1S/C11H12N2O3/c1-8(2)16-11-4-3-9(5-6-12)7-10(11)13(14)15/h3-4,7-8H,5H2,1-2H3. The molecule has 0 aliphatic carbocycles. The number of hydrogen-bond acceptors (Lipinski definition) is 4. The van der Waals surface area contributed by atoms with Crippen molar-refractivity contribution in [3.8, 4) is 11.8 Å². The lowest BCUT2D eigenvalue weighted by Gasteiger charge is -2.10. The van der Waals surface area contributed by atoms with Gasteiger partial charge in [0.2, 0.25) is 0 Å². The van der Waals surface area contributed by atoms with Crippen LogP contribution in [0.4, 0.5) is 5.69 Å². The van der Waals surface area contributed by atoms with E-state index in [-0.39, 0.29) is 24.0 Å². The van der Waals surface area contributed by atoms with E-state index in [2.05, 4.69) is 0 Å². The highest BCUT2D eigenvalue weighted by Crippen LogP contribution is 2.28. The summed E-state index contributed by atoms with van der Waals surface area (Å²) in [7, 11) is 0. The van der Waals surface area contributed by atoms with Gasteiger partial charge in [-0.25, -0.2) is 0 Å². The normalized spacial score (nSPS) is 9.88. The van der Waals surface area contributed by atoms with Gasteiger partial charge in [-0.15, -0.1) is 0 Å². The van der Waals surface area contributed by atoms with E-state index in [1.807, 2.05) is 6.07 Å². The van der Waals surface area contributed by atoms with Crippen LogP contribution < -0.4 is 4.74 Å². The van der Waals surface area contributed by atoms with Gasteiger partial charge in [-0.1, -0.05) is 6.07 Å². The van der Waals surface area contributed by atoms with Crippen LogP contribution in [0.3, 0.4) is 0 Å². The number of nitro benzene ring substituents is 1. The molecule has 0 aromatic heterocycles. The molecule has 84 valence electrons. The zero-order valence-corrected chi connectivity index (χ0v) is 9.14. The van der Waals surface area contributed by atoms with E-state index >= 15 is 0 Å². The molecular weight excluding hydrogens is 208 g/mol. The fraction of sp³-hybridized carbons (Fsp3) is 0.364. The second-order valence-corrected chi connectivity index (χ2v) is 3.56. The number of benzene rings is 1. The summed E-state index contributed by atoms with van der Waals surface area (Å²) in [5, 5.41) is 19.3. The SMILES string of the molecule is CC(C)Oc1ccc(CC#N)cc1[N+](=O)[O-]. The molecule has 0 radical (unpaired) electrons. The third kappa shape index (κ3) is 2.95. The molecule has 5 nitrogen and oxygen atoms in total. The largest absolute Gasteiger partial charge is 0.484 e. The Morgan fingerprint density at radius 3 is 2.75 bits per heavy atom. The Hall–Kier alpha value is -2.09. The van der Waals surface area contributed by atoms with Gasteiger partial charge in [0.25, 0.3) is 0 Å². The van der Waals surface area contributed by atoms with Crippen molar-refractivity contribution in [2.45, 2.75) is 26.4 Å². The molecule has 0 N–H and O–H groups in total. The van der Waals surface area contributed by atoms with Gasteiger partial charge in [0.15, 0.2) is 5.75 Å². The molecule has 0 spiro atoms. The minimum Gasteiger partial charge on any atom is -0.484 e. The Kier molecular flexibility index (Phi) is 3.84. The maximum Gasteiger partial charge on any atom is 0.311 e. The minimum absolute atomic E-state index is 0.0959. The second-order valence-electron chi connectivity index (χ2n) is 3.56. The molecule has 0 amide bonds. The van der Waals surface area contributed by atoms with Crippen LogP contribution in [0.15, 0.2) is 18.2 Å². The van der Waals surface area contributed by atoms with Gasteiger partial charge in [0.05, 0.1) is 23.5 Å². The van der Waals surface area contributed by atoms with E-state index in [1.54, 1.807) is 19.9 Å². The fourth-order valence-electron chi connectivity index (χ4n) is 1.26. The lowest BCUT2D eigenvalue weighted by Crippen LogP contribution is -2.07. The monoisotopic (exact) mass is 220 g/mol. The van der Waals surface area contributed by atoms with Crippen LogP contribution in [0.25, 0.3) is 0 Å². The first-order chi connectivity index (χ1) is 7.54. The molecule has 1 rings (SSSR count). The predicted octanol–water partition coefficient (Wildman–Crippen LogP) is 2.45. The van der Waals surface area contributed by atoms with Crippen LogP contribution >= 0.6 is 0 Å². The molecule has 0 saturated heterocycles. The number of ether oxygens (including phenoxy) is 1. The van der Waals surface area contributed by atoms with Crippen LogP contribution in [0.5, 0.6) is 5.75 Å². The summed E-state index contributed by atoms with van der Waals surface area (Å²) < 4.78 is 5.32. The van der Waals surface area contributed by atoms with E-state index in [9.17, 15) is 10.1 Å². The number of nitro groups is 1. The zero-order chi connectivity index (χ0) is 12.1. The van der Waals surface area contributed by atoms with E-state index in [1.165, 1.54) is 12.1 Å². The Labute approximate surface area is 93.4 Å². The first-order valence-corrected chi connectivity index (χ1v) is 4.85. The Morgan fingerprint density at radius 1 is 1.56 bits per heavy atom. The highest BCUT2D eigenvalue weighted by Gasteiger charge is 2.16. The van der Waals surface area contributed by atoms with Crippen molar-refractivity contribution in [3.05, 3.63) is 33.9 Å². The Balaban J connectivity index is 3.10. The third-order valence-corrected chi connectivity index (χ3v) is 1.87. The number of rotatable bonds is 4. The summed E-state index contributed by atoms with van der Waals surface area (Å²) in [4.78, 5) is 10.3. The predicted molar refractivity (Wildman–Crippen MR) is 58.2 cm³/mol. The van der Waals surface area contributed by atoms with Crippen molar-refractivity contribution in [2.75, 3.05) is 0 Å². The first kappa shape index (κ1) is 12.0. The van der Waals surface area contributed by atoms with Gasteiger partial charge in [-0.2, -0.15) is 5.26 Å². The number of nitrogens with zero attached hydrogens (tertiary/aromatic N) is 2. The van der Waals surface area contributed by atoms with Gasteiger partial charge in [0.1, 0.15) is 0 Å². The van der Waals surface area contributed by atoms with Crippen molar-refractivity contribution >= 4 is 5.69 Å². The van der Waals surface area contributed by atoms with Gasteiger partial charge >= 0.3 is 5.69 Å². The van der Waals surface area contributed by atoms with Crippen LogP contribution in [0.1, 0.15) is 19.4 Å². The Bertz CT molecular complexity index is 435. The second kappa shape index (κ2) is 5.12. The molecule has 5 heteroatoms. The van der Waals surface area contributed by atoms with E-state index in [0.717, 1.165) is 0 Å². The highest BCUT2D eigenvalue weighted by molar-refractivity contribution is 5.49. The summed E-state index contributed by atoms with van der Waals surface area (Å²) >= 11 is 0.